The van der Waals surface area contributed by atoms with Crippen LogP contribution in [0.1, 0.15) is 6.42 Å². The molecule has 1 aromatic heterocycles. The molecule has 1 heterocycles. The maximum Gasteiger partial charge on any atom is 0.223 e. The molecule has 6 heteroatoms. The Morgan fingerprint density at radius 3 is 2.89 bits per heavy atom. The van der Waals surface area contributed by atoms with Gasteiger partial charge in [-0.25, -0.2) is 9.97 Å². The summed E-state index contributed by atoms with van der Waals surface area (Å²) >= 11 is 0. The first-order valence-electron chi connectivity index (χ1n) is 6.02. The van der Waals surface area contributed by atoms with Gasteiger partial charge in [-0.2, -0.15) is 0 Å². The van der Waals surface area contributed by atoms with E-state index in [1.807, 2.05) is 12.1 Å². The average molecular weight is 259 g/mol. The third-order valence-electron chi connectivity index (χ3n) is 2.79. The molecule has 6 nitrogen and oxygen atoms in total. The van der Waals surface area contributed by atoms with E-state index >= 15 is 0 Å². The van der Waals surface area contributed by atoms with Crippen LogP contribution in [0.25, 0.3) is 10.9 Å². The first-order chi connectivity index (χ1) is 9.08. The number of nitrogen functional groups attached to an aromatic ring is 1. The van der Waals surface area contributed by atoms with E-state index < -0.39 is 0 Å². The van der Waals surface area contributed by atoms with Crippen molar-refractivity contribution in [1.29, 1.82) is 0 Å². The van der Waals surface area contributed by atoms with Crippen molar-refractivity contribution in [2.24, 2.45) is 0 Å². The van der Waals surface area contributed by atoms with Crippen molar-refractivity contribution in [3.05, 3.63) is 24.5 Å². The van der Waals surface area contributed by atoms with Gasteiger partial charge in [-0.05, 0) is 18.2 Å². The highest BCUT2D eigenvalue weighted by Crippen LogP contribution is 2.21. The molecule has 0 saturated carbocycles. The molecule has 0 unspecified atom stereocenters. The smallest absolute Gasteiger partial charge is 0.223 e. The van der Waals surface area contributed by atoms with Crippen molar-refractivity contribution < 1.29 is 4.79 Å². The molecule has 2 aromatic rings. The summed E-state index contributed by atoms with van der Waals surface area (Å²) in [6, 6.07) is 5.47. The van der Waals surface area contributed by atoms with Gasteiger partial charge in [0.05, 0.1) is 5.52 Å². The number of carbonyl (C=O) groups is 1. The molecule has 0 spiro atoms. The van der Waals surface area contributed by atoms with Crippen molar-refractivity contribution in [2.45, 2.75) is 6.42 Å². The number of hydrogen-bond acceptors (Lipinski definition) is 5. The summed E-state index contributed by atoms with van der Waals surface area (Å²) in [6.45, 7) is 0.526. The van der Waals surface area contributed by atoms with Crippen LogP contribution in [0.4, 0.5) is 11.5 Å². The zero-order valence-electron chi connectivity index (χ0n) is 11.1. The number of carbonyl (C=O) groups excluding carboxylic acids is 1. The van der Waals surface area contributed by atoms with E-state index in [4.69, 9.17) is 5.73 Å². The number of nitrogens with zero attached hydrogens (tertiary/aromatic N) is 3. The summed E-state index contributed by atoms with van der Waals surface area (Å²) < 4.78 is 0. The molecule has 0 radical (unpaired) electrons. The minimum Gasteiger partial charge on any atom is -0.399 e. The van der Waals surface area contributed by atoms with Crippen molar-refractivity contribution in [3.63, 3.8) is 0 Å². The normalized spacial score (nSPS) is 10.4. The van der Waals surface area contributed by atoms with Crippen molar-refractivity contribution >= 4 is 28.3 Å². The Morgan fingerprint density at radius 1 is 1.37 bits per heavy atom. The summed E-state index contributed by atoms with van der Waals surface area (Å²) in [5, 5.41) is 4.01. The van der Waals surface area contributed by atoms with E-state index in [0.717, 1.165) is 10.9 Å². The number of nitrogens with one attached hydrogen (secondary N) is 1. The van der Waals surface area contributed by atoms with Crippen LogP contribution >= 0.6 is 0 Å². The van der Waals surface area contributed by atoms with Gasteiger partial charge in [-0.15, -0.1) is 0 Å². The van der Waals surface area contributed by atoms with Crippen molar-refractivity contribution in [3.8, 4) is 0 Å². The molecule has 2 rings (SSSR count). The molecule has 0 atom stereocenters. The highest BCUT2D eigenvalue weighted by molar-refractivity contribution is 5.91. The summed E-state index contributed by atoms with van der Waals surface area (Å²) in [7, 11) is 3.48. The number of hydrogen-bond donors (Lipinski definition) is 2. The Morgan fingerprint density at radius 2 is 2.16 bits per heavy atom. The zero-order chi connectivity index (χ0) is 13.8. The number of aromatic nitrogens is 2. The SMILES string of the molecule is CN(C)C(=O)CCNc1ncnc2ccc(N)cc12. The Kier molecular flexibility index (Phi) is 3.79. The van der Waals surface area contributed by atoms with Gasteiger partial charge in [-0.1, -0.05) is 0 Å². The molecule has 3 N–H and O–H groups in total. The quantitative estimate of drug-likeness (QED) is 0.803. The lowest BCUT2D eigenvalue weighted by Crippen LogP contribution is -2.24. The van der Waals surface area contributed by atoms with Crippen LogP contribution in [0.3, 0.4) is 0 Å². The number of amides is 1. The van der Waals surface area contributed by atoms with Crippen LogP contribution in [-0.2, 0) is 4.79 Å². The molecule has 100 valence electrons. The number of rotatable bonds is 4. The fourth-order valence-electron chi connectivity index (χ4n) is 1.73. The molecule has 0 bridgehead atoms. The lowest BCUT2D eigenvalue weighted by Gasteiger charge is -2.11. The molecule has 0 aliphatic carbocycles. The molecule has 1 aromatic carbocycles. The summed E-state index contributed by atoms with van der Waals surface area (Å²) in [6.07, 6.45) is 1.91. The van der Waals surface area contributed by atoms with E-state index in [0.29, 0.717) is 24.5 Å². The summed E-state index contributed by atoms with van der Waals surface area (Å²) in [5.41, 5.74) is 7.25. The summed E-state index contributed by atoms with van der Waals surface area (Å²) in [5.74, 6) is 0.772. The topological polar surface area (TPSA) is 84.1 Å². The van der Waals surface area contributed by atoms with Crippen LogP contribution in [0.2, 0.25) is 0 Å². The first kappa shape index (κ1) is 13.1. The van der Waals surface area contributed by atoms with Gasteiger partial charge in [0.1, 0.15) is 12.1 Å². The predicted octanol–water partition coefficient (Wildman–Crippen LogP) is 1.10. The van der Waals surface area contributed by atoms with Gasteiger partial charge < -0.3 is 16.0 Å². The van der Waals surface area contributed by atoms with Crippen LogP contribution in [0.5, 0.6) is 0 Å². The minimum atomic E-state index is 0.0744. The Labute approximate surface area is 111 Å². The van der Waals surface area contributed by atoms with E-state index in [1.165, 1.54) is 6.33 Å². The number of benzene rings is 1. The Hall–Kier alpha value is -2.37. The fourth-order valence-corrected chi connectivity index (χ4v) is 1.73. The number of nitrogens with two attached hydrogens (primary N) is 1. The van der Waals surface area contributed by atoms with Gasteiger partial charge >= 0.3 is 0 Å². The van der Waals surface area contributed by atoms with Crippen molar-refractivity contribution in [2.75, 3.05) is 31.7 Å². The van der Waals surface area contributed by atoms with Gasteiger partial charge in [-0.3, -0.25) is 4.79 Å². The lowest BCUT2D eigenvalue weighted by atomic mass is 10.2. The van der Waals surface area contributed by atoms with Gasteiger partial charge in [0.15, 0.2) is 0 Å². The molecule has 1 amide bonds. The van der Waals surface area contributed by atoms with E-state index in [9.17, 15) is 4.79 Å². The third-order valence-corrected chi connectivity index (χ3v) is 2.79. The molecule has 0 fully saturated rings. The first-order valence-corrected chi connectivity index (χ1v) is 6.02. The van der Waals surface area contributed by atoms with Crippen molar-refractivity contribution in [1.82, 2.24) is 14.9 Å². The Balaban J connectivity index is 2.12. The van der Waals surface area contributed by atoms with E-state index in [-0.39, 0.29) is 5.91 Å². The zero-order valence-corrected chi connectivity index (χ0v) is 11.1. The second kappa shape index (κ2) is 5.51. The largest absolute Gasteiger partial charge is 0.399 e. The van der Waals surface area contributed by atoms with Crippen LogP contribution in [0.15, 0.2) is 24.5 Å². The van der Waals surface area contributed by atoms with Gasteiger partial charge in [0.25, 0.3) is 0 Å². The predicted molar refractivity (Wildman–Crippen MR) is 75.8 cm³/mol. The van der Waals surface area contributed by atoms with E-state index in [2.05, 4.69) is 15.3 Å². The average Bonchev–Trinajstić information content (AvgIpc) is 2.39. The number of fused-ring (bicyclic) bond motifs is 1. The summed E-state index contributed by atoms with van der Waals surface area (Å²) in [4.78, 5) is 21.4. The van der Waals surface area contributed by atoms with Crippen LogP contribution in [-0.4, -0.2) is 41.4 Å². The molecule has 19 heavy (non-hydrogen) atoms. The second-order valence-corrected chi connectivity index (χ2v) is 4.46. The standard InChI is InChI=1S/C13H17N5O/c1-18(2)12(19)5-6-15-13-10-7-9(14)3-4-11(10)16-8-17-13/h3-4,7-8H,5-6,14H2,1-2H3,(H,15,16,17). The van der Waals surface area contributed by atoms with Gasteiger partial charge in [0.2, 0.25) is 5.91 Å². The third kappa shape index (κ3) is 3.09. The highest BCUT2D eigenvalue weighted by Gasteiger charge is 2.06. The molecule has 0 aliphatic heterocycles. The fraction of sp³-hybridized carbons (Fsp3) is 0.308. The molecular formula is C13H17N5O. The maximum atomic E-state index is 11.5. The Bertz CT molecular complexity index is 597. The number of anilines is 2. The lowest BCUT2D eigenvalue weighted by molar-refractivity contribution is -0.128. The second-order valence-electron chi connectivity index (χ2n) is 4.46. The molecular weight excluding hydrogens is 242 g/mol. The maximum absolute atomic E-state index is 11.5. The monoisotopic (exact) mass is 259 g/mol. The van der Waals surface area contributed by atoms with Crippen LogP contribution < -0.4 is 11.1 Å². The molecule has 0 aliphatic rings. The van der Waals surface area contributed by atoms with E-state index in [1.54, 1.807) is 25.1 Å². The minimum absolute atomic E-state index is 0.0744. The van der Waals surface area contributed by atoms with Crippen LogP contribution in [0, 0.1) is 0 Å². The van der Waals surface area contributed by atoms with Gasteiger partial charge in [0, 0.05) is 38.1 Å². The highest BCUT2D eigenvalue weighted by atomic mass is 16.2. The molecule has 0 saturated heterocycles.